The van der Waals surface area contributed by atoms with Crippen molar-refractivity contribution in [3.05, 3.63) is 41.5 Å². The number of nitrogens with zero attached hydrogens (tertiary/aromatic N) is 3. The number of rotatable bonds is 4. The molecule has 3 aromatic rings. The molecule has 1 aliphatic heterocycles. The van der Waals surface area contributed by atoms with Gasteiger partial charge in [-0.3, -0.25) is 9.59 Å². The average molecular weight is 395 g/mol. The predicted octanol–water partition coefficient (Wildman–Crippen LogP) is 3.57. The summed E-state index contributed by atoms with van der Waals surface area (Å²) in [5.41, 5.74) is 2.30. The van der Waals surface area contributed by atoms with Crippen LogP contribution in [0.25, 0.3) is 10.2 Å². The molecule has 0 aliphatic carbocycles. The zero-order valence-corrected chi connectivity index (χ0v) is 16.5. The van der Waals surface area contributed by atoms with E-state index in [9.17, 15) is 9.59 Å². The highest BCUT2D eigenvalue weighted by atomic mass is 32.1. The molecule has 1 fully saturated rings. The first-order chi connectivity index (χ1) is 13.5. The van der Waals surface area contributed by atoms with Crippen LogP contribution in [-0.2, 0) is 9.59 Å². The molecule has 2 N–H and O–H groups in total. The van der Waals surface area contributed by atoms with E-state index in [1.54, 1.807) is 23.7 Å². The Morgan fingerprint density at radius 2 is 2.07 bits per heavy atom. The third-order valence-electron chi connectivity index (χ3n) is 4.88. The van der Waals surface area contributed by atoms with Gasteiger partial charge in [0, 0.05) is 24.8 Å². The van der Waals surface area contributed by atoms with Crippen molar-refractivity contribution in [1.82, 2.24) is 9.97 Å². The van der Waals surface area contributed by atoms with Crippen LogP contribution in [0.4, 0.5) is 17.2 Å². The summed E-state index contributed by atoms with van der Waals surface area (Å²) >= 11 is 1.57. The number of hydrogen-bond donors (Lipinski definition) is 2. The first kappa shape index (κ1) is 18.4. The molecule has 1 aromatic carbocycles. The molecule has 1 aliphatic rings. The molecule has 8 heteroatoms. The van der Waals surface area contributed by atoms with E-state index in [0.29, 0.717) is 11.4 Å². The summed E-state index contributed by atoms with van der Waals surface area (Å²) in [4.78, 5) is 36.1. The van der Waals surface area contributed by atoms with Gasteiger partial charge in [-0.25, -0.2) is 9.97 Å². The minimum atomic E-state index is -0.290. The fourth-order valence-corrected chi connectivity index (χ4v) is 4.28. The summed E-state index contributed by atoms with van der Waals surface area (Å²) < 4.78 is 0. The van der Waals surface area contributed by atoms with Crippen molar-refractivity contribution in [2.24, 2.45) is 0 Å². The van der Waals surface area contributed by atoms with E-state index < -0.39 is 0 Å². The molecule has 3 heterocycles. The summed E-state index contributed by atoms with van der Waals surface area (Å²) in [6.07, 6.45) is 3.26. The number of aromatic nitrogens is 2. The molecule has 4 rings (SSSR count). The number of carbonyl (C=O) groups is 2. The number of fused-ring (bicyclic) bond motifs is 1. The largest absolute Gasteiger partial charge is 0.344 e. The summed E-state index contributed by atoms with van der Waals surface area (Å²) in [5.74, 6) is 0.599. The number of amides is 2. The van der Waals surface area contributed by atoms with Gasteiger partial charge in [0.25, 0.3) is 0 Å². The molecule has 0 radical (unpaired) electrons. The number of nitrogens with one attached hydrogen (secondary N) is 2. The number of aryl methyl sites for hydroxylation is 1. The second kappa shape index (κ2) is 7.55. The van der Waals surface area contributed by atoms with E-state index in [1.165, 1.54) is 6.92 Å². The van der Waals surface area contributed by atoms with E-state index in [4.69, 9.17) is 0 Å². The van der Waals surface area contributed by atoms with Gasteiger partial charge in [-0.2, -0.15) is 0 Å². The van der Waals surface area contributed by atoms with Crippen LogP contribution in [0.5, 0.6) is 0 Å². The summed E-state index contributed by atoms with van der Waals surface area (Å²) in [5, 5.41) is 8.76. The first-order valence-corrected chi connectivity index (χ1v) is 10.0. The third-order valence-corrected chi connectivity index (χ3v) is 5.70. The van der Waals surface area contributed by atoms with Crippen molar-refractivity contribution in [3.8, 4) is 0 Å². The van der Waals surface area contributed by atoms with E-state index >= 15 is 0 Å². The van der Waals surface area contributed by atoms with Crippen molar-refractivity contribution < 1.29 is 9.59 Å². The monoisotopic (exact) mass is 395 g/mol. The normalized spacial score (nSPS) is 16.4. The quantitative estimate of drug-likeness (QED) is 0.705. The molecule has 0 bridgehead atoms. The Labute approximate surface area is 166 Å². The lowest BCUT2D eigenvalue weighted by Gasteiger charge is -2.25. The molecule has 2 amide bonds. The zero-order chi connectivity index (χ0) is 19.7. The van der Waals surface area contributed by atoms with Gasteiger partial charge in [0.1, 0.15) is 23.0 Å². The second-order valence-corrected chi connectivity index (χ2v) is 7.78. The molecule has 7 nitrogen and oxygen atoms in total. The summed E-state index contributed by atoms with van der Waals surface area (Å²) in [6.45, 7) is 4.17. The van der Waals surface area contributed by atoms with Crippen molar-refractivity contribution in [1.29, 1.82) is 0 Å². The van der Waals surface area contributed by atoms with Crippen LogP contribution >= 0.6 is 11.3 Å². The number of benzene rings is 1. The van der Waals surface area contributed by atoms with Gasteiger partial charge >= 0.3 is 0 Å². The Balaban J connectivity index is 1.58. The molecule has 1 saturated heterocycles. The molecule has 144 valence electrons. The maximum atomic E-state index is 13.1. The van der Waals surface area contributed by atoms with E-state index in [-0.39, 0.29) is 17.9 Å². The SMILES string of the molecule is CC(=O)Nc1ccc(C)c(NC(=O)C2CCCN2c2ncnc3sccc23)c1. The standard InChI is InChI=1S/C20H21N5O2S/c1-12-5-6-14(23-13(2)26)10-16(12)24-19(27)17-4-3-8-25(17)18-15-7-9-28-20(15)22-11-21-18/h5-7,9-11,17H,3-4,8H2,1-2H3,(H,23,26)(H,24,27). The molecular formula is C20H21N5O2S. The van der Waals surface area contributed by atoms with Crippen LogP contribution in [-0.4, -0.2) is 34.4 Å². The van der Waals surface area contributed by atoms with Gasteiger partial charge in [0.2, 0.25) is 11.8 Å². The van der Waals surface area contributed by atoms with Gasteiger partial charge < -0.3 is 15.5 Å². The van der Waals surface area contributed by atoms with E-state index in [1.807, 2.05) is 30.5 Å². The maximum absolute atomic E-state index is 13.1. The third kappa shape index (κ3) is 3.55. The molecule has 2 aromatic heterocycles. The molecule has 0 spiro atoms. The number of hydrogen-bond acceptors (Lipinski definition) is 6. The topological polar surface area (TPSA) is 87.2 Å². The van der Waals surface area contributed by atoms with Crippen molar-refractivity contribution in [3.63, 3.8) is 0 Å². The second-order valence-electron chi connectivity index (χ2n) is 6.89. The lowest BCUT2D eigenvalue weighted by Crippen LogP contribution is -2.40. The van der Waals surface area contributed by atoms with Gasteiger partial charge in [-0.1, -0.05) is 6.07 Å². The molecule has 1 atom stereocenters. The van der Waals surface area contributed by atoms with Crippen molar-refractivity contribution in [2.45, 2.75) is 32.7 Å². The Bertz CT molecular complexity index is 1050. The lowest BCUT2D eigenvalue weighted by atomic mass is 10.1. The fraction of sp³-hybridized carbons (Fsp3) is 0.300. The van der Waals surface area contributed by atoms with Crippen LogP contribution in [0, 0.1) is 6.92 Å². The Morgan fingerprint density at radius 1 is 1.21 bits per heavy atom. The van der Waals surface area contributed by atoms with Crippen molar-refractivity contribution >= 4 is 50.6 Å². The number of anilines is 3. The minimum Gasteiger partial charge on any atom is -0.344 e. The number of thiophene rings is 1. The summed E-state index contributed by atoms with van der Waals surface area (Å²) in [7, 11) is 0. The highest BCUT2D eigenvalue weighted by Crippen LogP contribution is 2.32. The highest BCUT2D eigenvalue weighted by Gasteiger charge is 2.33. The smallest absolute Gasteiger partial charge is 0.247 e. The Hall–Kier alpha value is -3.00. The van der Waals surface area contributed by atoms with Crippen LogP contribution in [0.3, 0.4) is 0 Å². The Kier molecular flexibility index (Phi) is 4.95. The number of carbonyl (C=O) groups excluding carboxylic acids is 2. The minimum absolute atomic E-state index is 0.0671. The molecule has 0 saturated carbocycles. The van der Waals surface area contributed by atoms with Gasteiger partial charge in [-0.05, 0) is 48.9 Å². The van der Waals surface area contributed by atoms with Crippen LogP contribution in [0.15, 0.2) is 36.0 Å². The molecule has 1 unspecified atom stereocenters. The Morgan fingerprint density at radius 3 is 2.89 bits per heavy atom. The van der Waals surface area contributed by atoms with Gasteiger partial charge in [0.15, 0.2) is 0 Å². The predicted molar refractivity (Wildman–Crippen MR) is 112 cm³/mol. The van der Waals surface area contributed by atoms with E-state index in [2.05, 4.69) is 25.5 Å². The first-order valence-electron chi connectivity index (χ1n) is 9.17. The lowest BCUT2D eigenvalue weighted by molar-refractivity contribution is -0.117. The van der Waals surface area contributed by atoms with Crippen LogP contribution < -0.4 is 15.5 Å². The summed E-state index contributed by atoms with van der Waals surface area (Å²) in [6, 6.07) is 7.20. The molecule has 28 heavy (non-hydrogen) atoms. The zero-order valence-electron chi connectivity index (χ0n) is 15.7. The van der Waals surface area contributed by atoms with Gasteiger partial charge in [-0.15, -0.1) is 11.3 Å². The molecular weight excluding hydrogens is 374 g/mol. The van der Waals surface area contributed by atoms with Gasteiger partial charge in [0.05, 0.1) is 5.39 Å². The average Bonchev–Trinajstić information content (AvgIpc) is 3.32. The van der Waals surface area contributed by atoms with Crippen molar-refractivity contribution in [2.75, 3.05) is 22.1 Å². The van der Waals surface area contributed by atoms with Crippen LogP contribution in [0.2, 0.25) is 0 Å². The maximum Gasteiger partial charge on any atom is 0.247 e. The highest BCUT2D eigenvalue weighted by molar-refractivity contribution is 7.16. The van der Waals surface area contributed by atoms with E-state index in [0.717, 1.165) is 41.0 Å². The van der Waals surface area contributed by atoms with Crippen LogP contribution in [0.1, 0.15) is 25.3 Å². The fourth-order valence-electron chi connectivity index (χ4n) is 3.55.